The molecule has 9 heteroatoms. The van der Waals surface area contributed by atoms with E-state index >= 15 is 0 Å². The number of ether oxygens (including phenoxy) is 5. The van der Waals surface area contributed by atoms with Gasteiger partial charge in [-0.2, -0.15) is 0 Å². The molecule has 2 aromatic carbocycles. The van der Waals surface area contributed by atoms with Crippen LogP contribution in [0.15, 0.2) is 42.5 Å². The molecule has 0 fully saturated rings. The van der Waals surface area contributed by atoms with Gasteiger partial charge < -0.3 is 23.7 Å². The van der Waals surface area contributed by atoms with Gasteiger partial charge in [0.15, 0.2) is 24.9 Å². The van der Waals surface area contributed by atoms with Crippen LogP contribution < -0.4 is 14.2 Å². The third kappa shape index (κ3) is 5.08. The predicted octanol–water partition coefficient (Wildman–Crippen LogP) is 2.92. The fourth-order valence-electron chi connectivity index (χ4n) is 1.91. The number of hydrogen-bond acceptors (Lipinski definition) is 8. The Labute approximate surface area is 149 Å². The average molecular weight is 363 g/mol. The van der Waals surface area contributed by atoms with Gasteiger partial charge in [0, 0.05) is 19.2 Å². The van der Waals surface area contributed by atoms with Crippen LogP contribution in [0.3, 0.4) is 0 Å². The van der Waals surface area contributed by atoms with Crippen molar-refractivity contribution in [3.05, 3.63) is 52.6 Å². The van der Waals surface area contributed by atoms with E-state index in [0.717, 1.165) is 0 Å². The lowest BCUT2D eigenvalue weighted by Gasteiger charge is -2.13. The maximum Gasteiger partial charge on any atom is 0.343 e. The second-order valence-electron chi connectivity index (χ2n) is 4.85. The fraction of sp³-hybridized carbons (Fsp3) is 0.235. The third-order valence-corrected chi connectivity index (χ3v) is 3.11. The first-order valence-corrected chi connectivity index (χ1v) is 7.41. The van der Waals surface area contributed by atoms with E-state index in [-0.39, 0.29) is 36.3 Å². The average Bonchev–Trinajstić information content (AvgIpc) is 2.65. The zero-order valence-electron chi connectivity index (χ0n) is 14.2. The van der Waals surface area contributed by atoms with E-state index in [4.69, 9.17) is 18.9 Å². The lowest BCUT2D eigenvalue weighted by molar-refractivity contribution is -0.385. The molecule has 0 heterocycles. The van der Waals surface area contributed by atoms with Gasteiger partial charge in [0.25, 0.3) is 0 Å². The molecule has 0 N–H and O–H groups in total. The van der Waals surface area contributed by atoms with Crippen LogP contribution in [0.1, 0.15) is 0 Å². The molecule has 9 nitrogen and oxygen atoms in total. The molecule has 0 aliphatic heterocycles. The molecule has 2 aromatic rings. The molecular weight excluding hydrogens is 346 g/mol. The van der Waals surface area contributed by atoms with Gasteiger partial charge in [-0.15, -0.1) is 0 Å². The normalized spacial score (nSPS) is 10.1. The van der Waals surface area contributed by atoms with E-state index in [1.54, 1.807) is 24.3 Å². The monoisotopic (exact) mass is 363 g/mol. The number of para-hydroxylation sites is 2. The highest BCUT2D eigenvalue weighted by Crippen LogP contribution is 2.38. The second-order valence-corrected chi connectivity index (χ2v) is 4.85. The summed E-state index contributed by atoms with van der Waals surface area (Å²) in [6.07, 6.45) is 0. The first-order valence-electron chi connectivity index (χ1n) is 7.41. The van der Waals surface area contributed by atoms with Crippen LogP contribution in [0.2, 0.25) is 0 Å². The largest absolute Gasteiger partial charge is 0.478 e. The number of hydrogen-bond donors (Lipinski definition) is 0. The van der Waals surface area contributed by atoms with Crippen molar-refractivity contribution in [2.45, 2.75) is 0 Å². The molecule has 0 aromatic heterocycles. The van der Waals surface area contributed by atoms with Crippen molar-refractivity contribution in [3.63, 3.8) is 0 Å². The minimum Gasteiger partial charge on any atom is -0.478 e. The molecule has 0 unspecified atom stereocenters. The summed E-state index contributed by atoms with van der Waals surface area (Å²) in [5.41, 5.74) is -0.252. The highest BCUT2D eigenvalue weighted by molar-refractivity contribution is 5.71. The Bertz CT molecular complexity index is 777. The van der Waals surface area contributed by atoms with Gasteiger partial charge in [-0.25, -0.2) is 4.79 Å². The second kappa shape index (κ2) is 9.23. The quantitative estimate of drug-likeness (QED) is 0.290. The Morgan fingerprint density at radius 2 is 1.77 bits per heavy atom. The summed E-state index contributed by atoms with van der Waals surface area (Å²) in [4.78, 5) is 21.9. The Morgan fingerprint density at radius 1 is 1.04 bits per heavy atom. The van der Waals surface area contributed by atoms with Crippen LogP contribution in [0, 0.1) is 10.1 Å². The Morgan fingerprint density at radius 3 is 2.42 bits per heavy atom. The Hall–Kier alpha value is -3.33. The third-order valence-electron chi connectivity index (χ3n) is 3.11. The fourth-order valence-corrected chi connectivity index (χ4v) is 1.91. The van der Waals surface area contributed by atoms with Crippen molar-refractivity contribution in [2.24, 2.45) is 0 Å². The van der Waals surface area contributed by atoms with Crippen molar-refractivity contribution in [3.8, 4) is 23.0 Å². The molecule has 0 saturated heterocycles. The molecule has 0 atom stereocenters. The molecule has 0 aliphatic rings. The van der Waals surface area contributed by atoms with Crippen molar-refractivity contribution in [2.75, 3.05) is 27.6 Å². The zero-order chi connectivity index (χ0) is 18.9. The summed E-state index contributed by atoms with van der Waals surface area (Å²) < 4.78 is 25.6. The number of nitro groups is 1. The number of rotatable bonds is 9. The summed E-state index contributed by atoms with van der Waals surface area (Å²) in [6, 6.07) is 10.5. The number of carbonyl (C=O) groups is 1. The molecule has 0 radical (unpaired) electrons. The van der Waals surface area contributed by atoms with Crippen LogP contribution in [0.5, 0.6) is 23.0 Å². The number of benzene rings is 2. The van der Waals surface area contributed by atoms with E-state index in [1.165, 1.54) is 32.4 Å². The SMILES string of the molecule is COCOc1ccc([N+](=O)[O-])c(Oc2ccccc2OCC(=O)OC)c1. The predicted molar refractivity (Wildman–Crippen MR) is 89.6 cm³/mol. The Kier molecular flexibility index (Phi) is 6.75. The standard InChI is InChI=1S/C17H17NO8/c1-22-11-25-12-7-8-13(18(20)21)16(9-12)26-15-6-4-3-5-14(15)24-10-17(19)23-2/h3-9H,10-11H2,1-2H3. The highest BCUT2D eigenvalue weighted by Gasteiger charge is 2.19. The van der Waals surface area contributed by atoms with E-state index in [0.29, 0.717) is 5.75 Å². The van der Waals surface area contributed by atoms with Gasteiger partial charge in [-0.1, -0.05) is 12.1 Å². The summed E-state index contributed by atoms with van der Waals surface area (Å²) in [7, 11) is 2.70. The first-order chi connectivity index (χ1) is 12.5. The minimum absolute atomic E-state index is 0.0178. The molecule has 0 bridgehead atoms. The molecule has 0 saturated carbocycles. The van der Waals surface area contributed by atoms with Gasteiger partial charge in [-0.3, -0.25) is 10.1 Å². The van der Waals surface area contributed by atoms with E-state index in [1.807, 2.05) is 0 Å². The molecular formula is C17H17NO8. The van der Waals surface area contributed by atoms with Crippen molar-refractivity contribution in [1.82, 2.24) is 0 Å². The lowest BCUT2D eigenvalue weighted by atomic mass is 10.2. The lowest BCUT2D eigenvalue weighted by Crippen LogP contribution is -2.12. The summed E-state index contributed by atoms with van der Waals surface area (Å²) in [5, 5.41) is 11.2. The van der Waals surface area contributed by atoms with Crippen molar-refractivity contribution in [1.29, 1.82) is 0 Å². The van der Waals surface area contributed by atoms with Crippen molar-refractivity contribution >= 4 is 11.7 Å². The maximum atomic E-state index is 11.2. The number of nitro benzene ring substituents is 1. The first kappa shape index (κ1) is 19.0. The molecule has 0 amide bonds. The summed E-state index contributed by atoms with van der Waals surface area (Å²) in [6.45, 7) is -0.341. The van der Waals surface area contributed by atoms with Gasteiger partial charge in [0.1, 0.15) is 5.75 Å². The van der Waals surface area contributed by atoms with E-state index in [2.05, 4.69) is 4.74 Å². The highest BCUT2D eigenvalue weighted by atomic mass is 16.7. The molecule has 2 rings (SSSR count). The summed E-state index contributed by atoms with van der Waals surface area (Å²) in [5.74, 6) is 0.151. The molecule has 138 valence electrons. The van der Waals surface area contributed by atoms with Gasteiger partial charge in [-0.05, 0) is 18.2 Å². The van der Waals surface area contributed by atoms with E-state index < -0.39 is 10.9 Å². The topological polar surface area (TPSA) is 106 Å². The number of methoxy groups -OCH3 is 2. The number of carbonyl (C=O) groups excluding carboxylic acids is 1. The van der Waals surface area contributed by atoms with Crippen molar-refractivity contribution < 1.29 is 33.4 Å². The summed E-state index contributed by atoms with van der Waals surface area (Å²) >= 11 is 0. The van der Waals surface area contributed by atoms with E-state index in [9.17, 15) is 14.9 Å². The maximum absolute atomic E-state index is 11.2. The van der Waals surface area contributed by atoms with Gasteiger partial charge in [0.05, 0.1) is 12.0 Å². The number of esters is 1. The molecule has 0 aliphatic carbocycles. The smallest absolute Gasteiger partial charge is 0.343 e. The molecule has 26 heavy (non-hydrogen) atoms. The van der Waals surface area contributed by atoms with Gasteiger partial charge in [0.2, 0.25) is 5.75 Å². The minimum atomic E-state index is -0.576. The number of nitrogens with zero attached hydrogens (tertiary/aromatic N) is 1. The van der Waals surface area contributed by atoms with Gasteiger partial charge >= 0.3 is 11.7 Å². The van der Waals surface area contributed by atoms with Crippen LogP contribution in [0.25, 0.3) is 0 Å². The van der Waals surface area contributed by atoms with Crippen LogP contribution in [-0.2, 0) is 14.3 Å². The zero-order valence-corrected chi connectivity index (χ0v) is 14.2. The van der Waals surface area contributed by atoms with Crippen LogP contribution in [-0.4, -0.2) is 38.5 Å². The molecule has 0 spiro atoms. The van der Waals surface area contributed by atoms with Crippen LogP contribution in [0.4, 0.5) is 5.69 Å². The Balaban J connectivity index is 2.28. The van der Waals surface area contributed by atoms with Crippen LogP contribution >= 0.6 is 0 Å².